The number of esters is 1. The molecular formula is C18H14BrN3O8. The highest BCUT2D eigenvalue weighted by atomic mass is 79.9. The molecule has 1 aromatic heterocycles. The van der Waals surface area contributed by atoms with Crippen LogP contribution < -0.4 is 10.1 Å². The second-order valence-corrected chi connectivity index (χ2v) is 6.86. The normalized spacial score (nSPS) is 14.8. The Morgan fingerprint density at radius 1 is 1.33 bits per heavy atom. The van der Waals surface area contributed by atoms with Crippen molar-refractivity contribution in [3.63, 3.8) is 0 Å². The number of nitrogens with zero attached hydrogens (tertiary/aromatic N) is 2. The lowest BCUT2D eigenvalue weighted by molar-refractivity contribution is -0.385. The maximum atomic E-state index is 12.7. The SMILES string of the molecule is COC(=O)c1ccc(CN2C(=O)NC(=Cc3cc(Br)cc([N+](=O)[O-])c3OC)C2=O)o1. The molecule has 1 aliphatic rings. The summed E-state index contributed by atoms with van der Waals surface area (Å²) in [6, 6.07) is 4.86. The molecule has 0 radical (unpaired) electrons. The maximum Gasteiger partial charge on any atom is 0.373 e. The molecule has 12 heteroatoms. The number of imide groups is 1. The van der Waals surface area contributed by atoms with Gasteiger partial charge in [-0.05, 0) is 24.3 Å². The number of nitro benzene ring substituents is 1. The Labute approximate surface area is 177 Å². The number of halogens is 1. The van der Waals surface area contributed by atoms with Gasteiger partial charge in [-0.2, -0.15) is 0 Å². The smallest absolute Gasteiger partial charge is 0.373 e. The van der Waals surface area contributed by atoms with E-state index >= 15 is 0 Å². The predicted molar refractivity (Wildman–Crippen MR) is 104 cm³/mol. The number of benzene rings is 1. The quantitative estimate of drug-likeness (QED) is 0.219. The number of nitro groups is 1. The summed E-state index contributed by atoms with van der Waals surface area (Å²) in [6.07, 6.45) is 1.28. The summed E-state index contributed by atoms with van der Waals surface area (Å²) < 4.78 is 15.3. The standard InChI is InChI=1S/C18H14BrN3O8/c1-28-15-9(5-10(19)7-13(15)22(26)27)6-12-16(23)21(18(25)20-12)8-11-3-4-14(30-11)17(24)29-2/h3-7H,8H2,1-2H3,(H,20,25). The van der Waals surface area contributed by atoms with E-state index in [1.54, 1.807) is 0 Å². The summed E-state index contributed by atoms with van der Waals surface area (Å²) in [4.78, 5) is 47.9. The number of urea groups is 1. The molecule has 30 heavy (non-hydrogen) atoms. The molecular weight excluding hydrogens is 466 g/mol. The van der Waals surface area contributed by atoms with Crippen molar-refractivity contribution in [3.05, 3.63) is 61.6 Å². The molecule has 156 valence electrons. The van der Waals surface area contributed by atoms with Crippen LogP contribution >= 0.6 is 15.9 Å². The number of furan rings is 1. The van der Waals surface area contributed by atoms with Crippen LogP contribution in [-0.4, -0.2) is 42.0 Å². The zero-order valence-electron chi connectivity index (χ0n) is 15.6. The topological polar surface area (TPSA) is 141 Å². The number of hydrogen-bond acceptors (Lipinski definition) is 8. The number of carbonyl (C=O) groups is 3. The average molecular weight is 480 g/mol. The highest BCUT2D eigenvalue weighted by Gasteiger charge is 2.35. The lowest BCUT2D eigenvalue weighted by Gasteiger charge is -2.09. The molecule has 0 atom stereocenters. The molecule has 0 unspecified atom stereocenters. The highest BCUT2D eigenvalue weighted by molar-refractivity contribution is 9.10. The Hall–Kier alpha value is -3.67. The second kappa shape index (κ2) is 8.37. The van der Waals surface area contributed by atoms with E-state index < -0.39 is 22.8 Å². The molecule has 2 heterocycles. The van der Waals surface area contributed by atoms with Crippen LogP contribution in [0, 0.1) is 10.1 Å². The number of amides is 3. The van der Waals surface area contributed by atoms with Gasteiger partial charge >= 0.3 is 17.7 Å². The monoisotopic (exact) mass is 479 g/mol. The van der Waals surface area contributed by atoms with Gasteiger partial charge in [0.05, 0.1) is 25.7 Å². The molecule has 11 nitrogen and oxygen atoms in total. The van der Waals surface area contributed by atoms with E-state index in [0.29, 0.717) is 4.47 Å². The summed E-state index contributed by atoms with van der Waals surface area (Å²) in [5.74, 6) is -1.31. The second-order valence-electron chi connectivity index (χ2n) is 5.94. The van der Waals surface area contributed by atoms with Gasteiger partial charge in [-0.1, -0.05) is 15.9 Å². The number of methoxy groups -OCH3 is 2. The van der Waals surface area contributed by atoms with Gasteiger partial charge in [0.25, 0.3) is 5.91 Å². The molecule has 1 saturated heterocycles. The minimum atomic E-state index is -0.717. The molecule has 0 spiro atoms. The Kier molecular flexibility index (Phi) is 5.87. The fourth-order valence-corrected chi connectivity index (χ4v) is 3.23. The zero-order valence-corrected chi connectivity index (χ0v) is 17.2. The van der Waals surface area contributed by atoms with Crippen LogP contribution in [0.2, 0.25) is 0 Å². The maximum absolute atomic E-state index is 12.7. The first kappa shape index (κ1) is 21.0. The van der Waals surface area contributed by atoms with Gasteiger partial charge in [0, 0.05) is 16.1 Å². The van der Waals surface area contributed by atoms with Gasteiger partial charge in [0.2, 0.25) is 11.5 Å². The van der Waals surface area contributed by atoms with Crippen molar-refractivity contribution >= 4 is 45.6 Å². The van der Waals surface area contributed by atoms with E-state index in [4.69, 9.17) is 9.15 Å². The van der Waals surface area contributed by atoms with Crippen molar-refractivity contribution < 1.29 is 33.2 Å². The van der Waals surface area contributed by atoms with Crippen LogP contribution in [0.1, 0.15) is 21.9 Å². The lowest BCUT2D eigenvalue weighted by atomic mass is 10.1. The number of hydrogen-bond donors (Lipinski definition) is 1. The summed E-state index contributed by atoms with van der Waals surface area (Å²) in [6.45, 7) is -0.227. The van der Waals surface area contributed by atoms with E-state index in [1.807, 2.05) is 0 Å². The van der Waals surface area contributed by atoms with Crippen LogP contribution in [0.5, 0.6) is 5.75 Å². The van der Waals surface area contributed by atoms with Crippen LogP contribution in [0.15, 0.2) is 38.9 Å². The Balaban J connectivity index is 1.89. The summed E-state index contributed by atoms with van der Waals surface area (Å²) >= 11 is 3.17. The fraction of sp³-hybridized carbons (Fsp3) is 0.167. The van der Waals surface area contributed by atoms with Crippen molar-refractivity contribution in [2.24, 2.45) is 0 Å². The van der Waals surface area contributed by atoms with Crippen molar-refractivity contribution in [3.8, 4) is 5.75 Å². The van der Waals surface area contributed by atoms with Gasteiger partial charge < -0.3 is 19.2 Å². The van der Waals surface area contributed by atoms with Gasteiger partial charge in [-0.25, -0.2) is 9.59 Å². The highest BCUT2D eigenvalue weighted by Crippen LogP contribution is 2.36. The lowest BCUT2D eigenvalue weighted by Crippen LogP contribution is -2.30. The molecule has 0 bridgehead atoms. The molecule has 1 aliphatic heterocycles. The van der Waals surface area contributed by atoms with E-state index in [2.05, 4.69) is 26.0 Å². The van der Waals surface area contributed by atoms with Crippen molar-refractivity contribution in [2.75, 3.05) is 14.2 Å². The van der Waals surface area contributed by atoms with Crippen LogP contribution in [0.25, 0.3) is 6.08 Å². The van der Waals surface area contributed by atoms with Crippen LogP contribution in [0.4, 0.5) is 10.5 Å². The third kappa shape index (κ3) is 4.03. The molecule has 1 aromatic carbocycles. The Bertz CT molecular complexity index is 1090. The summed E-state index contributed by atoms with van der Waals surface area (Å²) in [7, 11) is 2.45. The number of carbonyl (C=O) groups excluding carboxylic acids is 3. The van der Waals surface area contributed by atoms with E-state index in [1.165, 1.54) is 44.6 Å². The van der Waals surface area contributed by atoms with Crippen molar-refractivity contribution in [2.45, 2.75) is 6.54 Å². The minimum absolute atomic E-state index is 0.0649. The Morgan fingerprint density at radius 2 is 2.07 bits per heavy atom. The molecule has 1 N–H and O–H groups in total. The average Bonchev–Trinajstić information content (AvgIpc) is 3.27. The van der Waals surface area contributed by atoms with E-state index in [0.717, 1.165) is 4.90 Å². The number of nitrogens with one attached hydrogen (secondary N) is 1. The van der Waals surface area contributed by atoms with Crippen molar-refractivity contribution in [1.29, 1.82) is 0 Å². The fourth-order valence-electron chi connectivity index (χ4n) is 2.76. The van der Waals surface area contributed by atoms with Gasteiger partial charge in [0.1, 0.15) is 11.5 Å². The van der Waals surface area contributed by atoms with Crippen molar-refractivity contribution in [1.82, 2.24) is 10.2 Å². The third-order valence-corrected chi connectivity index (χ3v) is 4.55. The molecule has 3 rings (SSSR count). The molecule has 0 saturated carbocycles. The first-order chi connectivity index (χ1) is 14.2. The Morgan fingerprint density at radius 3 is 2.70 bits per heavy atom. The predicted octanol–water partition coefficient (Wildman–Crippen LogP) is 2.84. The zero-order chi connectivity index (χ0) is 22.0. The molecule has 0 aliphatic carbocycles. The summed E-state index contributed by atoms with van der Waals surface area (Å²) in [5, 5.41) is 13.7. The number of rotatable bonds is 6. The minimum Gasteiger partial charge on any atom is -0.490 e. The van der Waals surface area contributed by atoms with Crippen LogP contribution in [0.3, 0.4) is 0 Å². The largest absolute Gasteiger partial charge is 0.490 e. The number of ether oxygens (including phenoxy) is 2. The first-order valence-corrected chi connectivity index (χ1v) is 9.08. The molecule has 2 aromatic rings. The molecule has 1 fully saturated rings. The molecule has 3 amide bonds. The van der Waals surface area contributed by atoms with Crippen LogP contribution in [-0.2, 0) is 16.1 Å². The van der Waals surface area contributed by atoms with Gasteiger partial charge in [-0.3, -0.25) is 19.8 Å². The van der Waals surface area contributed by atoms with Gasteiger partial charge in [-0.15, -0.1) is 0 Å². The van der Waals surface area contributed by atoms with E-state index in [-0.39, 0.29) is 40.8 Å². The van der Waals surface area contributed by atoms with Gasteiger partial charge in [0.15, 0.2) is 0 Å². The summed E-state index contributed by atoms with van der Waals surface area (Å²) in [5.41, 5.74) is -0.196. The third-order valence-electron chi connectivity index (χ3n) is 4.09. The first-order valence-electron chi connectivity index (χ1n) is 8.28. The van der Waals surface area contributed by atoms with E-state index in [9.17, 15) is 24.5 Å².